The normalized spacial score (nSPS) is 16.1. The summed E-state index contributed by atoms with van der Waals surface area (Å²) in [7, 11) is 1.30. The Kier molecular flexibility index (Phi) is 4.46. The van der Waals surface area contributed by atoms with Gasteiger partial charge in [-0.05, 0) is 12.8 Å². The van der Waals surface area contributed by atoms with Crippen LogP contribution in [0.1, 0.15) is 45.3 Å². The Labute approximate surface area is 145 Å². The van der Waals surface area contributed by atoms with E-state index in [1.54, 1.807) is 0 Å². The van der Waals surface area contributed by atoms with Crippen molar-refractivity contribution in [3.63, 3.8) is 0 Å². The quantitative estimate of drug-likeness (QED) is 0.888. The van der Waals surface area contributed by atoms with E-state index in [9.17, 15) is 22.8 Å². The standard InChI is InChI=1S/C15H16F3N5O3/c1-21-12(11(7-19-21)15(16,17)18)13(24)22-4-2-10(3-5-22)23-8-9(6-20-23)14(25)26/h6-8,10H,2-5H2,1H3,(H,25,26). The Morgan fingerprint density at radius 3 is 2.38 bits per heavy atom. The highest BCUT2D eigenvalue weighted by molar-refractivity contribution is 5.94. The van der Waals surface area contributed by atoms with Crippen LogP contribution < -0.4 is 0 Å². The highest BCUT2D eigenvalue weighted by atomic mass is 19.4. The monoisotopic (exact) mass is 371 g/mol. The van der Waals surface area contributed by atoms with E-state index in [0.29, 0.717) is 19.0 Å². The molecule has 0 bridgehead atoms. The van der Waals surface area contributed by atoms with Crippen LogP contribution in [0.4, 0.5) is 13.2 Å². The number of carboxylic acid groups (broad SMARTS) is 1. The van der Waals surface area contributed by atoms with Gasteiger partial charge in [-0.15, -0.1) is 0 Å². The number of piperidine rings is 1. The molecule has 1 N–H and O–H groups in total. The van der Waals surface area contributed by atoms with Crippen LogP contribution in [-0.4, -0.2) is 54.5 Å². The van der Waals surface area contributed by atoms with Gasteiger partial charge in [0.25, 0.3) is 5.91 Å². The fourth-order valence-electron chi connectivity index (χ4n) is 3.03. The summed E-state index contributed by atoms with van der Waals surface area (Å²) < 4.78 is 41.6. The number of nitrogens with zero attached hydrogens (tertiary/aromatic N) is 5. The third-order valence-corrected chi connectivity index (χ3v) is 4.42. The summed E-state index contributed by atoms with van der Waals surface area (Å²) in [6, 6.07) is -0.110. The van der Waals surface area contributed by atoms with Gasteiger partial charge in [-0.25, -0.2) is 4.79 Å². The molecule has 0 spiro atoms. The largest absolute Gasteiger partial charge is 0.478 e. The highest BCUT2D eigenvalue weighted by Gasteiger charge is 2.39. The Morgan fingerprint density at radius 2 is 1.85 bits per heavy atom. The van der Waals surface area contributed by atoms with Crippen molar-refractivity contribution in [1.29, 1.82) is 0 Å². The van der Waals surface area contributed by atoms with Gasteiger partial charge in [-0.2, -0.15) is 23.4 Å². The maximum absolute atomic E-state index is 13.1. The van der Waals surface area contributed by atoms with E-state index in [1.165, 1.54) is 29.0 Å². The van der Waals surface area contributed by atoms with Crippen LogP contribution in [0.3, 0.4) is 0 Å². The van der Waals surface area contributed by atoms with Crippen LogP contribution in [-0.2, 0) is 13.2 Å². The van der Waals surface area contributed by atoms with Gasteiger partial charge < -0.3 is 10.0 Å². The molecule has 26 heavy (non-hydrogen) atoms. The SMILES string of the molecule is Cn1ncc(C(F)(F)F)c1C(=O)N1CCC(n2cc(C(=O)O)cn2)CC1. The molecule has 0 aromatic carbocycles. The van der Waals surface area contributed by atoms with Gasteiger partial charge >= 0.3 is 12.1 Å². The number of alkyl halides is 3. The van der Waals surface area contributed by atoms with Crippen molar-refractivity contribution in [3.05, 3.63) is 35.4 Å². The molecule has 0 unspecified atom stereocenters. The van der Waals surface area contributed by atoms with Crippen LogP contribution in [0.5, 0.6) is 0 Å². The highest BCUT2D eigenvalue weighted by Crippen LogP contribution is 2.33. The maximum Gasteiger partial charge on any atom is 0.420 e. The molecule has 1 aliphatic rings. The Morgan fingerprint density at radius 1 is 1.19 bits per heavy atom. The fourth-order valence-corrected chi connectivity index (χ4v) is 3.03. The Bertz CT molecular complexity index is 834. The minimum Gasteiger partial charge on any atom is -0.478 e. The van der Waals surface area contributed by atoms with Gasteiger partial charge in [0.15, 0.2) is 0 Å². The van der Waals surface area contributed by atoms with Crippen molar-refractivity contribution in [3.8, 4) is 0 Å². The van der Waals surface area contributed by atoms with Gasteiger partial charge in [0.05, 0.1) is 24.0 Å². The molecule has 3 rings (SSSR count). The summed E-state index contributed by atoms with van der Waals surface area (Å²) in [5.41, 5.74) is -1.47. The zero-order chi connectivity index (χ0) is 19.1. The number of aromatic nitrogens is 4. The van der Waals surface area contributed by atoms with E-state index in [2.05, 4.69) is 10.2 Å². The Balaban J connectivity index is 1.71. The topological polar surface area (TPSA) is 93.2 Å². The summed E-state index contributed by atoms with van der Waals surface area (Å²) in [6.07, 6.45) is -0.424. The number of amides is 1. The number of hydrogen-bond acceptors (Lipinski definition) is 4. The molecule has 3 heterocycles. The van der Waals surface area contributed by atoms with Gasteiger partial charge in [-0.1, -0.05) is 0 Å². The Hall–Kier alpha value is -2.85. The molecule has 0 saturated carbocycles. The predicted molar refractivity (Wildman–Crippen MR) is 81.6 cm³/mol. The molecular weight excluding hydrogens is 355 g/mol. The summed E-state index contributed by atoms with van der Waals surface area (Å²) in [5.74, 6) is -1.80. The predicted octanol–water partition coefficient (Wildman–Crippen LogP) is 1.81. The van der Waals surface area contributed by atoms with E-state index >= 15 is 0 Å². The van der Waals surface area contributed by atoms with Crippen LogP contribution >= 0.6 is 0 Å². The van der Waals surface area contributed by atoms with Crippen molar-refractivity contribution in [1.82, 2.24) is 24.5 Å². The maximum atomic E-state index is 13.1. The first-order chi connectivity index (χ1) is 12.2. The molecule has 1 aliphatic heterocycles. The number of carbonyl (C=O) groups is 2. The lowest BCUT2D eigenvalue weighted by molar-refractivity contribution is -0.138. The van der Waals surface area contributed by atoms with Crippen molar-refractivity contribution < 1.29 is 27.9 Å². The lowest BCUT2D eigenvalue weighted by Gasteiger charge is -2.32. The minimum absolute atomic E-state index is 0.0632. The number of carboxylic acids is 1. The number of rotatable bonds is 3. The number of aromatic carboxylic acids is 1. The molecule has 2 aromatic heterocycles. The second-order valence-electron chi connectivity index (χ2n) is 6.07. The molecular formula is C15H16F3N5O3. The van der Waals surface area contributed by atoms with Crippen LogP contribution in [0.15, 0.2) is 18.6 Å². The van der Waals surface area contributed by atoms with E-state index in [4.69, 9.17) is 5.11 Å². The molecule has 2 aromatic rings. The van der Waals surface area contributed by atoms with Crippen molar-refractivity contribution in [2.45, 2.75) is 25.1 Å². The van der Waals surface area contributed by atoms with E-state index in [0.717, 1.165) is 4.68 Å². The van der Waals surface area contributed by atoms with Crippen molar-refractivity contribution in [2.24, 2.45) is 7.05 Å². The number of hydrogen-bond donors (Lipinski definition) is 1. The average Bonchev–Trinajstić information content (AvgIpc) is 3.21. The van der Waals surface area contributed by atoms with Gasteiger partial charge in [-0.3, -0.25) is 14.2 Å². The molecule has 0 atom stereocenters. The number of aryl methyl sites for hydroxylation is 1. The van der Waals surface area contributed by atoms with E-state index in [-0.39, 0.29) is 24.7 Å². The molecule has 1 amide bonds. The summed E-state index contributed by atoms with van der Waals surface area (Å²) >= 11 is 0. The molecule has 140 valence electrons. The molecule has 11 heteroatoms. The number of likely N-dealkylation sites (tertiary alicyclic amines) is 1. The molecule has 1 fully saturated rings. The zero-order valence-corrected chi connectivity index (χ0v) is 13.8. The van der Waals surface area contributed by atoms with Crippen LogP contribution in [0.25, 0.3) is 0 Å². The minimum atomic E-state index is -4.65. The van der Waals surface area contributed by atoms with Crippen molar-refractivity contribution >= 4 is 11.9 Å². The van der Waals surface area contributed by atoms with E-state index < -0.39 is 29.3 Å². The van der Waals surface area contributed by atoms with Gasteiger partial charge in [0.2, 0.25) is 0 Å². The number of halogens is 3. The van der Waals surface area contributed by atoms with Crippen molar-refractivity contribution in [2.75, 3.05) is 13.1 Å². The summed E-state index contributed by atoms with van der Waals surface area (Å²) in [6.45, 7) is 0.489. The summed E-state index contributed by atoms with van der Waals surface area (Å²) in [5, 5.41) is 16.5. The third-order valence-electron chi connectivity index (χ3n) is 4.42. The molecule has 1 saturated heterocycles. The number of carbonyl (C=O) groups excluding carboxylic acids is 1. The third kappa shape index (κ3) is 3.28. The lowest BCUT2D eigenvalue weighted by atomic mass is 10.0. The lowest BCUT2D eigenvalue weighted by Crippen LogP contribution is -2.40. The second kappa shape index (κ2) is 6.46. The smallest absolute Gasteiger partial charge is 0.420 e. The van der Waals surface area contributed by atoms with E-state index in [1.807, 2.05) is 0 Å². The second-order valence-corrected chi connectivity index (χ2v) is 6.07. The van der Waals surface area contributed by atoms with Crippen LogP contribution in [0, 0.1) is 0 Å². The first-order valence-corrected chi connectivity index (χ1v) is 7.84. The van der Waals surface area contributed by atoms with Gasteiger partial charge in [0, 0.05) is 26.3 Å². The van der Waals surface area contributed by atoms with Gasteiger partial charge in [0.1, 0.15) is 11.3 Å². The fraction of sp³-hybridized carbons (Fsp3) is 0.467. The first-order valence-electron chi connectivity index (χ1n) is 7.84. The zero-order valence-electron chi connectivity index (χ0n) is 13.8. The first kappa shape index (κ1) is 18.0. The summed E-state index contributed by atoms with van der Waals surface area (Å²) in [4.78, 5) is 24.8. The van der Waals surface area contributed by atoms with Crippen LogP contribution in [0.2, 0.25) is 0 Å². The average molecular weight is 371 g/mol. The molecule has 0 radical (unpaired) electrons. The molecule has 8 nitrogen and oxygen atoms in total. The molecule has 0 aliphatic carbocycles.